The van der Waals surface area contributed by atoms with Crippen LogP contribution in [0.3, 0.4) is 0 Å². The molecule has 0 aliphatic heterocycles. The van der Waals surface area contributed by atoms with Crippen LogP contribution < -0.4 is 5.32 Å². The average Bonchev–Trinajstić information content (AvgIpc) is 2.39. The molecular weight excluding hydrogens is 154 g/mol. The van der Waals surface area contributed by atoms with Crippen LogP contribution in [0.4, 0.5) is 0 Å². The van der Waals surface area contributed by atoms with E-state index in [-0.39, 0.29) is 0 Å². The number of thiophene rings is 1. The Balaban J connectivity index is 2.73. The maximum atomic E-state index is 3.29. The minimum atomic E-state index is 0.542. The molecule has 0 spiro atoms. The van der Waals surface area contributed by atoms with E-state index in [0.29, 0.717) is 6.04 Å². The molecule has 0 saturated heterocycles. The van der Waals surface area contributed by atoms with E-state index in [2.05, 4.69) is 30.6 Å². The third kappa shape index (κ3) is 2.04. The first kappa shape index (κ1) is 8.75. The van der Waals surface area contributed by atoms with Crippen molar-refractivity contribution in [1.29, 1.82) is 0 Å². The molecule has 1 unspecified atom stereocenters. The van der Waals surface area contributed by atoms with Gasteiger partial charge in [0.05, 0.1) is 0 Å². The molecule has 1 aromatic heterocycles. The number of aryl methyl sites for hydroxylation is 1. The second kappa shape index (κ2) is 3.88. The van der Waals surface area contributed by atoms with Gasteiger partial charge in [-0.05, 0) is 37.4 Å². The quantitative estimate of drug-likeness (QED) is 0.733. The van der Waals surface area contributed by atoms with Gasteiger partial charge in [-0.1, -0.05) is 6.92 Å². The highest BCUT2D eigenvalue weighted by Crippen LogP contribution is 2.21. The largest absolute Gasteiger partial charge is 0.313 e. The van der Waals surface area contributed by atoms with Crippen molar-refractivity contribution in [3.63, 3.8) is 0 Å². The molecule has 11 heavy (non-hydrogen) atoms. The molecule has 1 aromatic rings. The lowest BCUT2D eigenvalue weighted by Crippen LogP contribution is -2.14. The Morgan fingerprint density at radius 3 is 2.73 bits per heavy atom. The van der Waals surface area contributed by atoms with Gasteiger partial charge < -0.3 is 5.32 Å². The van der Waals surface area contributed by atoms with Crippen LogP contribution in [0.25, 0.3) is 0 Å². The van der Waals surface area contributed by atoms with Crippen molar-refractivity contribution in [2.75, 3.05) is 7.05 Å². The van der Waals surface area contributed by atoms with Crippen LogP contribution in [-0.4, -0.2) is 7.05 Å². The summed E-state index contributed by atoms with van der Waals surface area (Å²) in [5.74, 6) is 0. The molecule has 1 N–H and O–H groups in total. The first-order chi connectivity index (χ1) is 5.27. The molecule has 1 atom stereocenters. The van der Waals surface area contributed by atoms with Crippen molar-refractivity contribution in [3.05, 3.63) is 21.9 Å². The lowest BCUT2D eigenvalue weighted by Gasteiger charge is -2.10. The molecule has 0 bridgehead atoms. The van der Waals surface area contributed by atoms with Crippen LogP contribution in [0.5, 0.6) is 0 Å². The molecule has 2 heteroatoms. The Bertz CT molecular complexity index is 213. The van der Waals surface area contributed by atoms with Crippen molar-refractivity contribution in [2.24, 2.45) is 0 Å². The van der Waals surface area contributed by atoms with Crippen LogP contribution in [0, 0.1) is 6.92 Å². The normalized spacial score (nSPS) is 13.4. The first-order valence-electron chi connectivity index (χ1n) is 4.00. The third-order valence-electron chi connectivity index (χ3n) is 1.91. The van der Waals surface area contributed by atoms with Crippen molar-refractivity contribution in [2.45, 2.75) is 26.3 Å². The number of hydrogen-bond acceptors (Lipinski definition) is 2. The van der Waals surface area contributed by atoms with E-state index in [1.807, 2.05) is 18.4 Å². The van der Waals surface area contributed by atoms with E-state index in [9.17, 15) is 0 Å². The van der Waals surface area contributed by atoms with Crippen LogP contribution in [0.1, 0.15) is 29.8 Å². The topological polar surface area (TPSA) is 12.0 Å². The summed E-state index contributed by atoms with van der Waals surface area (Å²) in [6.45, 7) is 4.35. The Kier molecular flexibility index (Phi) is 3.09. The van der Waals surface area contributed by atoms with Gasteiger partial charge in [0, 0.05) is 10.9 Å². The predicted octanol–water partition coefficient (Wildman–Crippen LogP) is 2.73. The van der Waals surface area contributed by atoms with Gasteiger partial charge >= 0.3 is 0 Å². The second-order valence-electron chi connectivity index (χ2n) is 2.74. The monoisotopic (exact) mass is 169 g/mol. The molecule has 1 nitrogen and oxygen atoms in total. The summed E-state index contributed by atoms with van der Waals surface area (Å²) in [5.41, 5.74) is 1.43. The summed E-state index contributed by atoms with van der Waals surface area (Å²) in [7, 11) is 2.02. The summed E-state index contributed by atoms with van der Waals surface area (Å²) in [6, 6.07) is 2.80. The predicted molar refractivity (Wildman–Crippen MR) is 51.1 cm³/mol. The molecule has 0 aromatic carbocycles. The van der Waals surface area contributed by atoms with Gasteiger partial charge in [0.2, 0.25) is 0 Å². The standard InChI is InChI=1S/C9H15NS/c1-4-9(10-3)8-5-7(2)11-6-8/h5-6,9-10H,4H2,1-3H3. The molecule has 1 heterocycles. The fourth-order valence-electron chi connectivity index (χ4n) is 1.25. The van der Waals surface area contributed by atoms with Gasteiger partial charge in [-0.15, -0.1) is 11.3 Å². The van der Waals surface area contributed by atoms with Crippen molar-refractivity contribution >= 4 is 11.3 Å². The minimum absolute atomic E-state index is 0.542. The van der Waals surface area contributed by atoms with E-state index >= 15 is 0 Å². The minimum Gasteiger partial charge on any atom is -0.313 e. The van der Waals surface area contributed by atoms with E-state index < -0.39 is 0 Å². The van der Waals surface area contributed by atoms with Crippen molar-refractivity contribution < 1.29 is 0 Å². The van der Waals surface area contributed by atoms with Crippen LogP contribution in [-0.2, 0) is 0 Å². The van der Waals surface area contributed by atoms with Crippen LogP contribution in [0.2, 0.25) is 0 Å². The molecule has 62 valence electrons. The maximum absolute atomic E-state index is 3.29. The van der Waals surface area contributed by atoms with Gasteiger partial charge in [-0.2, -0.15) is 0 Å². The molecule has 0 aliphatic carbocycles. The number of nitrogens with one attached hydrogen (secondary N) is 1. The van der Waals surface area contributed by atoms with Gasteiger partial charge in [0.25, 0.3) is 0 Å². The Morgan fingerprint density at radius 2 is 2.36 bits per heavy atom. The van der Waals surface area contributed by atoms with E-state index in [0.717, 1.165) is 6.42 Å². The van der Waals surface area contributed by atoms with E-state index in [4.69, 9.17) is 0 Å². The van der Waals surface area contributed by atoms with E-state index in [1.54, 1.807) is 0 Å². The molecule has 0 radical (unpaired) electrons. The van der Waals surface area contributed by atoms with E-state index in [1.165, 1.54) is 10.4 Å². The van der Waals surface area contributed by atoms with Gasteiger partial charge in [-0.3, -0.25) is 0 Å². The highest BCUT2D eigenvalue weighted by molar-refractivity contribution is 7.10. The first-order valence-corrected chi connectivity index (χ1v) is 4.88. The van der Waals surface area contributed by atoms with Crippen LogP contribution >= 0.6 is 11.3 Å². The van der Waals surface area contributed by atoms with Gasteiger partial charge in [0.1, 0.15) is 0 Å². The summed E-state index contributed by atoms with van der Waals surface area (Å²) in [4.78, 5) is 1.40. The Hall–Kier alpha value is -0.340. The summed E-state index contributed by atoms with van der Waals surface area (Å²) >= 11 is 1.82. The van der Waals surface area contributed by atoms with Gasteiger partial charge in [-0.25, -0.2) is 0 Å². The van der Waals surface area contributed by atoms with Crippen molar-refractivity contribution in [1.82, 2.24) is 5.32 Å². The second-order valence-corrected chi connectivity index (χ2v) is 3.86. The summed E-state index contributed by atoms with van der Waals surface area (Å²) < 4.78 is 0. The highest BCUT2D eigenvalue weighted by Gasteiger charge is 2.06. The lowest BCUT2D eigenvalue weighted by atomic mass is 10.1. The molecule has 0 saturated carbocycles. The molecule has 0 aliphatic rings. The SMILES string of the molecule is CCC(NC)c1csc(C)c1. The smallest absolute Gasteiger partial charge is 0.0323 e. The van der Waals surface area contributed by atoms with Crippen molar-refractivity contribution in [3.8, 4) is 0 Å². The fraction of sp³-hybridized carbons (Fsp3) is 0.556. The third-order valence-corrected chi connectivity index (χ3v) is 2.79. The molecule has 0 amide bonds. The summed E-state index contributed by atoms with van der Waals surface area (Å²) in [5, 5.41) is 5.52. The average molecular weight is 169 g/mol. The molecule has 0 fully saturated rings. The highest BCUT2D eigenvalue weighted by atomic mass is 32.1. The molecule has 1 rings (SSSR count). The lowest BCUT2D eigenvalue weighted by molar-refractivity contribution is 0.578. The number of rotatable bonds is 3. The number of hydrogen-bond donors (Lipinski definition) is 1. The summed E-state index contributed by atoms with van der Waals surface area (Å²) in [6.07, 6.45) is 1.16. The Labute approximate surface area is 72.4 Å². The zero-order chi connectivity index (χ0) is 8.27. The fourth-order valence-corrected chi connectivity index (χ4v) is 2.01. The maximum Gasteiger partial charge on any atom is 0.0323 e. The van der Waals surface area contributed by atoms with Gasteiger partial charge in [0.15, 0.2) is 0 Å². The zero-order valence-electron chi connectivity index (χ0n) is 7.35. The zero-order valence-corrected chi connectivity index (χ0v) is 8.16. The van der Waals surface area contributed by atoms with Crippen LogP contribution in [0.15, 0.2) is 11.4 Å². The molecular formula is C9H15NS. The Morgan fingerprint density at radius 1 is 1.64 bits per heavy atom.